The van der Waals surface area contributed by atoms with E-state index in [1.165, 1.54) is 5.56 Å². The molecule has 0 N–H and O–H groups in total. The maximum absolute atomic E-state index is 8.67. The van der Waals surface area contributed by atoms with E-state index in [1.807, 2.05) is 12.3 Å². The summed E-state index contributed by atoms with van der Waals surface area (Å²) < 4.78 is 0. The fraction of sp³-hybridized carbons (Fsp3) is 0.538. The van der Waals surface area contributed by atoms with Gasteiger partial charge in [0.05, 0.1) is 6.07 Å². The highest BCUT2D eigenvalue weighted by molar-refractivity contribution is 7.80. The van der Waals surface area contributed by atoms with Gasteiger partial charge >= 0.3 is 0 Å². The average molecular weight is 249 g/mol. The molecule has 0 aliphatic heterocycles. The van der Waals surface area contributed by atoms with Crippen molar-refractivity contribution in [2.45, 2.75) is 19.9 Å². The minimum absolute atomic E-state index is 0.536. The topological polar surface area (TPSA) is 39.9 Å². The SMILES string of the molecule is CC(CS)CN(CCC#N)Cc1cccnc1. The zero-order valence-electron chi connectivity index (χ0n) is 10.2. The molecule has 0 bridgehead atoms. The van der Waals surface area contributed by atoms with Crippen LogP contribution in [0.2, 0.25) is 0 Å². The summed E-state index contributed by atoms with van der Waals surface area (Å²) >= 11 is 4.30. The van der Waals surface area contributed by atoms with Crippen LogP contribution in [0.15, 0.2) is 24.5 Å². The molecule has 1 aromatic rings. The highest BCUT2D eigenvalue weighted by atomic mass is 32.1. The summed E-state index contributed by atoms with van der Waals surface area (Å²) in [6, 6.07) is 6.21. The van der Waals surface area contributed by atoms with Crippen LogP contribution >= 0.6 is 12.6 Å². The maximum Gasteiger partial charge on any atom is 0.0635 e. The molecule has 0 fully saturated rings. The number of hydrogen-bond donors (Lipinski definition) is 1. The molecular weight excluding hydrogens is 230 g/mol. The van der Waals surface area contributed by atoms with Gasteiger partial charge in [0, 0.05) is 38.4 Å². The van der Waals surface area contributed by atoms with E-state index in [0.29, 0.717) is 12.3 Å². The largest absolute Gasteiger partial charge is 0.298 e. The van der Waals surface area contributed by atoms with Crippen molar-refractivity contribution in [1.29, 1.82) is 5.26 Å². The molecule has 1 aromatic heterocycles. The molecule has 1 atom stereocenters. The van der Waals surface area contributed by atoms with E-state index >= 15 is 0 Å². The minimum atomic E-state index is 0.536. The van der Waals surface area contributed by atoms with Gasteiger partial charge in [-0.25, -0.2) is 0 Å². The predicted octanol–water partition coefficient (Wildman–Crippen LogP) is 2.36. The molecule has 0 aliphatic rings. The van der Waals surface area contributed by atoms with Crippen LogP contribution in [-0.2, 0) is 6.54 Å². The Bertz CT molecular complexity index is 347. The molecule has 92 valence electrons. The van der Waals surface area contributed by atoms with Gasteiger partial charge < -0.3 is 0 Å². The molecule has 0 radical (unpaired) electrons. The van der Waals surface area contributed by atoms with Crippen LogP contribution in [0.5, 0.6) is 0 Å². The van der Waals surface area contributed by atoms with Crippen molar-refractivity contribution in [1.82, 2.24) is 9.88 Å². The van der Waals surface area contributed by atoms with Crippen molar-refractivity contribution < 1.29 is 0 Å². The molecule has 0 saturated carbocycles. The Hall–Kier alpha value is -1.05. The molecule has 0 aromatic carbocycles. The molecule has 0 saturated heterocycles. The fourth-order valence-corrected chi connectivity index (χ4v) is 1.81. The first-order chi connectivity index (χ1) is 8.26. The van der Waals surface area contributed by atoms with E-state index < -0.39 is 0 Å². The Morgan fingerprint density at radius 3 is 3.00 bits per heavy atom. The number of thiol groups is 1. The average Bonchev–Trinajstić information content (AvgIpc) is 2.37. The highest BCUT2D eigenvalue weighted by Gasteiger charge is 2.09. The van der Waals surface area contributed by atoms with Gasteiger partial charge in [-0.15, -0.1) is 0 Å². The van der Waals surface area contributed by atoms with Gasteiger partial charge in [0.25, 0.3) is 0 Å². The van der Waals surface area contributed by atoms with Crippen molar-refractivity contribution in [3.05, 3.63) is 30.1 Å². The second kappa shape index (κ2) is 8.10. The number of nitrogens with zero attached hydrogens (tertiary/aromatic N) is 3. The summed E-state index contributed by atoms with van der Waals surface area (Å²) in [5, 5.41) is 8.67. The molecule has 1 heterocycles. The first-order valence-electron chi connectivity index (χ1n) is 5.85. The van der Waals surface area contributed by atoms with Crippen molar-refractivity contribution in [3.63, 3.8) is 0 Å². The third-order valence-corrected chi connectivity index (χ3v) is 3.17. The lowest BCUT2D eigenvalue weighted by Crippen LogP contribution is -2.29. The van der Waals surface area contributed by atoms with Gasteiger partial charge in [-0.1, -0.05) is 13.0 Å². The Kier molecular flexibility index (Phi) is 6.68. The molecule has 4 heteroatoms. The summed E-state index contributed by atoms with van der Waals surface area (Å²) in [6.45, 7) is 4.81. The quantitative estimate of drug-likeness (QED) is 0.754. The normalized spacial score (nSPS) is 12.4. The fourth-order valence-electron chi connectivity index (χ4n) is 1.69. The molecule has 1 unspecified atom stereocenters. The maximum atomic E-state index is 8.67. The van der Waals surface area contributed by atoms with Crippen LogP contribution in [0.4, 0.5) is 0 Å². The molecule has 0 amide bonds. The predicted molar refractivity (Wildman–Crippen MR) is 72.8 cm³/mol. The van der Waals surface area contributed by atoms with E-state index in [2.05, 4.69) is 41.6 Å². The Labute approximate surface area is 109 Å². The smallest absolute Gasteiger partial charge is 0.0635 e. The van der Waals surface area contributed by atoms with E-state index in [1.54, 1.807) is 6.20 Å². The van der Waals surface area contributed by atoms with Crippen LogP contribution in [0, 0.1) is 17.2 Å². The Balaban J connectivity index is 2.54. The van der Waals surface area contributed by atoms with Gasteiger partial charge in [0.2, 0.25) is 0 Å². The van der Waals surface area contributed by atoms with Gasteiger partial charge in [-0.3, -0.25) is 9.88 Å². The Morgan fingerprint density at radius 2 is 2.41 bits per heavy atom. The van der Waals surface area contributed by atoms with E-state index in [-0.39, 0.29) is 0 Å². The van der Waals surface area contributed by atoms with E-state index in [9.17, 15) is 0 Å². The van der Waals surface area contributed by atoms with Crippen molar-refractivity contribution in [2.24, 2.45) is 5.92 Å². The van der Waals surface area contributed by atoms with Gasteiger partial charge in [-0.05, 0) is 23.3 Å². The summed E-state index contributed by atoms with van der Waals surface area (Å²) in [5.41, 5.74) is 1.19. The number of aromatic nitrogens is 1. The van der Waals surface area contributed by atoms with Gasteiger partial charge in [-0.2, -0.15) is 17.9 Å². The van der Waals surface area contributed by atoms with E-state index in [4.69, 9.17) is 5.26 Å². The Morgan fingerprint density at radius 1 is 1.59 bits per heavy atom. The zero-order chi connectivity index (χ0) is 12.5. The first-order valence-corrected chi connectivity index (χ1v) is 6.48. The van der Waals surface area contributed by atoms with Gasteiger partial charge in [0.1, 0.15) is 0 Å². The highest BCUT2D eigenvalue weighted by Crippen LogP contribution is 2.08. The van der Waals surface area contributed by atoms with Crippen LogP contribution in [0.1, 0.15) is 18.9 Å². The van der Waals surface area contributed by atoms with E-state index in [0.717, 1.165) is 25.4 Å². The second-order valence-electron chi connectivity index (χ2n) is 4.29. The lowest BCUT2D eigenvalue weighted by molar-refractivity contribution is 0.243. The first kappa shape index (κ1) is 14.0. The van der Waals surface area contributed by atoms with Crippen molar-refractivity contribution in [3.8, 4) is 6.07 Å². The molecule has 0 spiro atoms. The molecular formula is C13H19N3S. The second-order valence-corrected chi connectivity index (χ2v) is 4.66. The molecule has 3 nitrogen and oxygen atoms in total. The minimum Gasteiger partial charge on any atom is -0.298 e. The van der Waals surface area contributed by atoms with Crippen molar-refractivity contribution >= 4 is 12.6 Å². The summed E-state index contributed by atoms with van der Waals surface area (Å²) in [4.78, 5) is 6.40. The van der Waals surface area contributed by atoms with Crippen LogP contribution in [0.3, 0.4) is 0 Å². The van der Waals surface area contributed by atoms with Crippen molar-refractivity contribution in [2.75, 3.05) is 18.8 Å². The third kappa shape index (κ3) is 5.71. The lowest BCUT2D eigenvalue weighted by atomic mass is 10.1. The number of pyridine rings is 1. The van der Waals surface area contributed by atoms with Crippen LogP contribution in [0.25, 0.3) is 0 Å². The molecule has 0 aliphatic carbocycles. The van der Waals surface area contributed by atoms with Crippen LogP contribution in [-0.4, -0.2) is 28.7 Å². The summed E-state index contributed by atoms with van der Waals surface area (Å²) in [5.74, 6) is 1.41. The number of nitriles is 1. The summed E-state index contributed by atoms with van der Waals surface area (Å²) in [7, 11) is 0. The number of hydrogen-bond acceptors (Lipinski definition) is 4. The summed E-state index contributed by atoms with van der Waals surface area (Å²) in [6.07, 6.45) is 4.23. The van der Waals surface area contributed by atoms with Crippen LogP contribution < -0.4 is 0 Å². The third-order valence-electron chi connectivity index (χ3n) is 2.55. The number of rotatable bonds is 7. The molecule has 17 heavy (non-hydrogen) atoms. The lowest BCUT2D eigenvalue weighted by Gasteiger charge is -2.24. The monoisotopic (exact) mass is 249 g/mol. The molecule has 1 rings (SSSR count). The zero-order valence-corrected chi connectivity index (χ0v) is 11.1. The standard InChI is InChI=1S/C13H19N3S/c1-12(11-17)9-16(7-3-5-14)10-13-4-2-6-15-8-13/h2,4,6,8,12,17H,3,7,9-11H2,1H3. The van der Waals surface area contributed by atoms with Gasteiger partial charge in [0.15, 0.2) is 0 Å².